The largest absolute Gasteiger partial charge is 0.506 e. The Morgan fingerprint density at radius 3 is 2.54 bits per heavy atom. The minimum absolute atomic E-state index is 0.0627. The number of nitrogens with zero attached hydrogens (tertiary/aromatic N) is 1. The van der Waals surface area contributed by atoms with Crippen LogP contribution in [0.25, 0.3) is 10.9 Å². The Morgan fingerprint density at radius 2 is 1.78 bits per heavy atom. The van der Waals surface area contributed by atoms with Crippen molar-refractivity contribution in [2.24, 2.45) is 0 Å². The van der Waals surface area contributed by atoms with Gasteiger partial charge in [-0.25, -0.2) is 4.79 Å². The third kappa shape index (κ3) is 7.45. The van der Waals surface area contributed by atoms with Crippen molar-refractivity contribution in [1.29, 1.82) is 0 Å². The maximum Gasteiger partial charge on any atom is 0.348 e. The molecule has 3 aromatic carbocycles. The molecule has 1 amide bonds. The van der Waals surface area contributed by atoms with E-state index < -0.39 is 17.7 Å². The predicted octanol–water partition coefficient (Wildman–Crippen LogP) is 2.55. The Bertz CT molecular complexity index is 1730. The van der Waals surface area contributed by atoms with Gasteiger partial charge in [-0.1, -0.05) is 48.5 Å². The molecular weight excluding hydrogens is 588 g/mol. The third-order valence-electron chi connectivity index (χ3n) is 8.32. The normalized spacial score (nSPS) is 17.0. The number of aromatic amines is 1. The summed E-state index contributed by atoms with van der Waals surface area (Å²) in [5.74, 6) is -1.17. The number of phenols is 1. The highest BCUT2D eigenvalue weighted by Crippen LogP contribution is 2.33. The summed E-state index contributed by atoms with van der Waals surface area (Å²) in [5.41, 5.74) is -0.638. The number of carbonyl (C=O) groups excluding carboxylic acids is 2. The molecule has 46 heavy (non-hydrogen) atoms. The van der Waals surface area contributed by atoms with E-state index in [1.54, 1.807) is 60.7 Å². The van der Waals surface area contributed by atoms with E-state index in [2.05, 4.69) is 20.5 Å². The molecule has 4 aromatic rings. The highest BCUT2D eigenvalue weighted by molar-refractivity contribution is 5.95. The summed E-state index contributed by atoms with van der Waals surface area (Å²) in [4.78, 5) is 42.8. The number of aliphatic hydroxyl groups excluding tert-OH is 1. The van der Waals surface area contributed by atoms with Crippen molar-refractivity contribution in [1.82, 2.24) is 20.5 Å². The first-order chi connectivity index (χ1) is 22.2. The zero-order valence-electron chi connectivity index (χ0n) is 25.7. The van der Waals surface area contributed by atoms with Gasteiger partial charge in [-0.3, -0.25) is 9.59 Å². The summed E-state index contributed by atoms with van der Waals surface area (Å²) >= 11 is 0. The second-order valence-electron chi connectivity index (χ2n) is 11.7. The molecule has 1 aromatic heterocycles. The number of aliphatic hydroxyl groups is 2. The second kappa shape index (κ2) is 14.7. The fourth-order valence-electron chi connectivity index (χ4n) is 5.77. The van der Waals surface area contributed by atoms with E-state index in [0.29, 0.717) is 54.6 Å². The van der Waals surface area contributed by atoms with Gasteiger partial charge in [0.05, 0.1) is 11.6 Å². The number of hydrogen-bond acceptors (Lipinski definition) is 9. The van der Waals surface area contributed by atoms with Crippen LogP contribution in [-0.4, -0.2) is 83.0 Å². The van der Waals surface area contributed by atoms with Crippen molar-refractivity contribution >= 4 is 22.8 Å². The van der Waals surface area contributed by atoms with Crippen LogP contribution in [0, 0.1) is 0 Å². The van der Waals surface area contributed by atoms with E-state index in [9.17, 15) is 29.7 Å². The summed E-state index contributed by atoms with van der Waals surface area (Å²) in [6, 6.07) is 21.0. The van der Waals surface area contributed by atoms with Crippen molar-refractivity contribution < 1.29 is 29.6 Å². The molecule has 5 rings (SSSR count). The van der Waals surface area contributed by atoms with Crippen LogP contribution in [0.5, 0.6) is 5.75 Å². The lowest BCUT2D eigenvalue weighted by atomic mass is 9.85. The summed E-state index contributed by atoms with van der Waals surface area (Å²) < 4.78 is 5.76. The lowest BCUT2D eigenvalue weighted by molar-refractivity contribution is -0.167. The van der Waals surface area contributed by atoms with Crippen LogP contribution in [0.1, 0.15) is 52.4 Å². The highest BCUT2D eigenvalue weighted by Gasteiger charge is 2.43. The van der Waals surface area contributed by atoms with Crippen molar-refractivity contribution in [2.45, 2.75) is 37.1 Å². The van der Waals surface area contributed by atoms with Gasteiger partial charge in [-0.2, -0.15) is 0 Å². The zero-order valence-corrected chi connectivity index (χ0v) is 25.7. The number of esters is 1. The first kappa shape index (κ1) is 32.8. The van der Waals surface area contributed by atoms with E-state index in [1.807, 2.05) is 7.05 Å². The molecule has 0 saturated carbocycles. The Morgan fingerprint density at radius 1 is 1.02 bits per heavy atom. The van der Waals surface area contributed by atoms with Crippen molar-refractivity contribution in [2.75, 3.05) is 39.8 Å². The number of benzene rings is 3. The van der Waals surface area contributed by atoms with E-state index >= 15 is 0 Å². The van der Waals surface area contributed by atoms with E-state index in [0.717, 1.165) is 13.0 Å². The maximum atomic E-state index is 13.5. The molecule has 11 heteroatoms. The summed E-state index contributed by atoms with van der Waals surface area (Å²) in [5, 5.41) is 39.3. The molecule has 0 radical (unpaired) electrons. The Labute approximate surface area is 266 Å². The van der Waals surface area contributed by atoms with Gasteiger partial charge >= 0.3 is 5.97 Å². The van der Waals surface area contributed by atoms with Crippen molar-refractivity contribution in [3.63, 3.8) is 0 Å². The molecule has 6 N–H and O–H groups in total. The number of nitrogens with one attached hydrogen (secondary N) is 3. The smallest absolute Gasteiger partial charge is 0.348 e. The van der Waals surface area contributed by atoms with Crippen LogP contribution in [0.4, 0.5) is 0 Å². The standard InChI is InChI=1S/C35H40N4O7/c1-39-19-16-26(22-39)46-34(44)35(45,24-9-3-2-4-10-24)25-11-7-8-23(20-25)33(43)37-18-6-5-17-36-21-30(41)27-12-14-29(40)32-28(27)13-15-31(42)38-32/h2-4,7-15,20,26,30,36,40-41,45H,5-6,16-19,21-22H2,1H3,(H,37,43)(H,38,42)/t26-,30+,35?/m1/s1. The fraction of sp³-hybridized carbons (Fsp3) is 0.343. The van der Waals surface area contributed by atoms with E-state index in [-0.39, 0.29) is 40.9 Å². The SMILES string of the molecule is CN1CC[C@@H](OC(=O)C(O)(c2ccccc2)c2cccc(C(=O)NCCCCNC[C@H](O)c3ccc(O)c4[nH]c(=O)ccc34)c2)C1. The molecule has 0 aliphatic carbocycles. The lowest BCUT2D eigenvalue weighted by Crippen LogP contribution is -2.41. The number of aromatic nitrogens is 1. The molecular formula is C35H40N4O7. The first-order valence-corrected chi connectivity index (χ1v) is 15.5. The van der Waals surface area contributed by atoms with Crippen LogP contribution in [0.2, 0.25) is 0 Å². The van der Waals surface area contributed by atoms with Gasteiger partial charge in [0, 0.05) is 48.8 Å². The monoisotopic (exact) mass is 628 g/mol. The molecule has 1 saturated heterocycles. The number of unbranched alkanes of at least 4 members (excludes halogenated alkanes) is 1. The molecule has 11 nitrogen and oxygen atoms in total. The molecule has 1 fully saturated rings. The van der Waals surface area contributed by atoms with Gasteiger partial charge in [0.2, 0.25) is 11.2 Å². The molecule has 1 unspecified atom stereocenters. The summed E-state index contributed by atoms with van der Waals surface area (Å²) in [6.45, 7) is 2.66. The number of fused-ring (bicyclic) bond motifs is 1. The number of ether oxygens (including phenoxy) is 1. The number of likely N-dealkylation sites (tertiary alicyclic amines) is 1. The van der Waals surface area contributed by atoms with E-state index in [4.69, 9.17) is 4.74 Å². The minimum atomic E-state index is -2.08. The maximum absolute atomic E-state index is 13.5. The number of hydrogen-bond donors (Lipinski definition) is 6. The number of H-pyrrole nitrogens is 1. The number of rotatable bonds is 13. The predicted molar refractivity (Wildman–Crippen MR) is 174 cm³/mol. The second-order valence-corrected chi connectivity index (χ2v) is 11.7. The molecule has 1 aliphatic rings. The van der Waals surface area contributed by atoms with Gasteiger partial charge in [0.25, 0.3) is 5.91 Å². The van der Waals surface area contributed by atoms with Crippen LogP contribution >= 0.6 is 0 Å². The number of amides is 1. The van der Waals surface area contributed by atoms with Gasteiger partial charge in [-0.05, 0) is 68.2 Å². The number of phenolic OH excluding ortho intramolecular Hbond substituents is 1. The zero-order chi connectivity index (χ0) is 32.7. The molecule has 242 valence electrons. The fourth-order valence-corrected chi connectivity index (χ4v) is 5.77. The molecule has 0 spiro atoms. The Hall–Kier alpha value is -4.55. The molecule has 1 aliphatic heterocycles. The van der Waals surface area contributed by atoms with Gasteiger partial charge < -0.3 is 40.6 Å². The van der Waals surface area contributed by atoms with E-state index in [1.165, 1.54) is 18.2 Å². The lowest BCUT2D eigenvalue weighted by Gasteiger charge is -2.29. The van der Waals surface area contributed by atoms with Gasteiger partial charge in [0.1, 0.15) is 11.9 Å². The quantitative estimate of drug-likeness (QED) is 0.0965. The van der Waals surface area contributed by atoms with Crippen LogP contribution in [-0.2, 0) is 15.1 Å². The first-order valence-electron chi connectivity index (χ1n) is 15.5. The Balaban J connectivity index is 1.13. The average Bonchev–Trinajstić information content (AvgIpc) is 3.48. The minimum Gasteiger partial charge on any atom is -0.506 e. The van der Waals surface area contributed by atoms with Crippen molar-refractivity contribution in [3.05, 3.63) is 111 Å². The molecule has 0 bridgehead atoms. The number of likely N-dealkylation sites (N-methyl/N-ethyl adjacent to an activating group) is 1. The van der Waals surface area contributed by atoms with Crippen LogP contribution in [0.3, 0.4) is 0 Å². The third-order valence-corrected chi connectivity index (χ3v) is 8.32. The summed E-state index contributed by atoms with van der Waals surface area (Å²) in [6.07, 6.45) is 0.911. The molecule has 2 heterocycles. The van der Waals surface area contributed by atoms with Crippen molar-refractivity contribution in [3.8, 4) is 5.75 Å². The topological polar surface area (TPSA) is 164 Å². The Kier molecular flexibility index (Phi) is 10.5. The number of aromatic hydroxyl groups is 1. The van der Waals surface area contributed by atoms with Crippen LogP contribution in [0.15, 0.2) is 83.7 Å². The summed E-state index contributed by atoms with van der Waals surface area (Å²) in [7, 11) is 1.95. The number of pyridine rings is 1. The average molecular weight is 629 g/mol. The van der Waals surface area contributed by atoms with Gasteiger partial charge in [0.15, 0.2) is 0 Å². The van der Waals surface area contributed by atoms with Crippen LogP contribution < -0.4 is 16.2 Å². The highest BCUT2D eigenvalue weighted by atomic mass is 16.6. The number of carbonyl (C=O) groups is 2. The van der Waals surface area contributed by atoms with Gasteiger partial charge in [-0.15, -0.1) is 0 Å². The molecule has 3 atom stereocenters.